The Balaban J connectivity index is 1.77. The number of piperidine rings is 2. The van der Waals surface area contributed by atoms with Crippen molar-refractivity contribution in [1.82, 2.24) is 8.61 Å². The second kappa shape index (κ2) is 7.58. The molecule has 0 atom stereocenters. The quantitative estimate of drug-likeness (QED) is 0.778. The SMILES string of the molecule is CC1CCN(S(=O)(=O)c2ccc(S(=O)(=O)N3CCC(C)CC3)cc2)CC1. The van der Waals surface area contributed by atoms with Gasteiger partial charge in [0.05, 0.1) is 9.79 Å². The molecule has 0 spiro atoms. The van der Waals surface area contributed by atoms with Crippen LogP contribution in [0.1, 0.15) is 39.5 Å². The molecule has 0 N–H and O–H groups in total. The molecule has 0 bridgehead atoms. The van der Waals surface area contributed by atoms with Crippen LogP contribution in [0.2, 0.25) is 0 Å². The van der Waals surface area contributed by atoms with Crippen LogP contribution in [0.5, 0.6) is 0 Å². The van der Waals surface area contributed by atoms with Crippen molar-refractivity contribution in [3.8, 4) is 0 Å². The average molecular weight is 401 g/mol. The van der Waals surface area contributed by atoms with Gasteiger partial charge < -0.3 is 0 Å². The van der Waals surface area contributed by atoms with Crippen molar-refractivity contribution in [3.63, 3.8) is 0 Å². The summed E-state index contributed by atoms with van der Waals surface area (Å²) in [7, 11) is -7.11. The van der Waals surface area contributed by atoms with Crippen LogP contribution < -0.4 is 0 Å². The van der Waals surface area contributed by atoms with Crippen LogP contribution in [-0.2, 0) is 20.0 Å². The summed E-state index contributed by atoms with van der Waals surface area (Å²) in [5.74, 6) is 1.09. The lowest BCUT2D eigenvalue weighted by Gasteiger charge is -2.30. The smallest absolute Gasteiger partial charge is 0.207 e. The summed E-state index contributed by atoms with van der Waals surface area (Å²) in [6, 6.07) is 5.69. The van der Waals surface area contributed by atoms with Gasteiger partial charge >= 0.3 is 0 Å². The molecule has 3 rings (SSSR count). The molecule has 0 amide bonds. The summed E-state index contributed by atoms with van der Waals surface area (Å²) >= 11 is 0. The minimum atomic E-state index is -3.55. The molecule has 0 saturated carbocycles. The van der Waals surface area contributed by atoms with Crippen LogP contribution >= 0.6 is 0 Å². The summed E-state index contributed by atoms with van der Waals surface area (Å²) < 4.78 is 54.0. The minimum absolute atomic E-state index is 0.165. The van der Waals surface area contributed by atoms with Gasteiger partial charge in [0.1, 0.15) is 0 Å². The topological polar surface area (TPSA) is 74.8 Å². The van der Waals surface area contributed by atoms with Gasteiger partial charge in [0, 0.05) is 26.2 Å². The first-order chi connectivity index (χ1) is 12.2. The van der Waals surface area contributed by atoms with Gasteiger partial charge in [-0.15, -0.1) is 0 Å². The number of sulfonamides is 2. The first-order valence-corrected chi connectivity index (χ1v) is 12.2. The molecule has 2 heterocycles. The first-order valence-electron chi connectivity index (χ1n) is 9.31. The molecule has 1 aromatic rings. The van der Waals surface area contributed by atoms with Crippen molar-refractivity contribution in [2.45, 2.75) is 49.3 Å². The van der Waals surface area contributed by atoms with Gasteiger partial charge in [0.25, 0.3) is 0 Å². The summed E-state index contributed by atoms with van der Waals surface area (Å²) in [6.45, 7) is 6.35. The second-order valence-electron chi connectivity index (χ2n) is 7.64. The molecular weight excluding hydrogens is 372 g/mol. The summed E-state index contributed by atoms with van der Waals surface area (Å²) in [6.07, 6.45) is 3.44. The maximum Gasteiger partial charge on any atom is 0.243 e. The lowest BCUT2D eigenvalue weighted by molar-refractivity contribution is 0.287. The largest absolute Gasteiger partial charge is 0.243 e. The normalized spacial score (nSPS) is 22.5. The molecule has 26 heavy (non-hydrogen) atoms. The van der Waals surface area contributed by atoms with E-state index in [1.54, 1.807) is 0 Å². The van der Waals surface area contributed by atoms with Crippen LogP contribution in [0.4, 0.5) is 0 Å². The third-order valence-corrected chi connectivity index (χ3v) is 9.41. The Bertz CT molecular complexity index is 747. The Morgan fingerprint density at radius 2 is 0.923 bits per heavy atom. The second-order valence-corrected chi connectivity index (χ2v) is 11.5. The number of hydrogen-bond acceptors (Lipinski definition) is 4. The number of hydrogen-bond donors (Lipinski definition) is 0. The predicted molar refractivity (Wildman–Crippen MR) is 101 cm³/mol. The highest BCUT2D eigenvalue weighted by molar-refractivity contribution is 7.89. The lowest BCUT2D eigenvalue weighted by atomic mass is 10.0. The van der Waals surface area contributed by atoms with Gasteiger partial charge in [-0.1, -0.05) is 13.8 Å². The zero-order valence-corrected chi connectivity index (χ0v) is 17.1. The molecule has 0 unspecified atom stereocenters. The Kier molecular flexibility index (Phi) is 5.77. The lowest BCUT2D eigenvalue weighted by Crippen LogP contribution is -2.38. The molecule has 146 valence electrons. The zero-order valence-electron chi connectivity index (χ0n) is 15.5. The van der Waals surface area contributed by atoms with Crippen molar-refractivity contribution in [2.24, 2.45) is 11.8 Å². The third kappa shape index (κ3) is 3.98. The summed E-state index contributed by atoms with van der Waals surface area (Å²) in [5.41, 5.74) is 0. The summed E-state index contributed by atoms with van der Waals surface area (Å²) in [4.78, 5) is 0.330. The van der Waals surface area contributed by atoms with Gasteiger partial charge in [-0.3, -0.25) is 0 Å². The Hall–Kier alpha value is -0.960. The van der Waals surface area contributed by atoms with Crippen molar-refractivity contribution >= 4 is 20.0 Å². The van der Waals surface area contributed by atoms with Crippen LogP contribution in [0.3, 0.4) is 0 Å². The molecule has 0 radical (unpaired) electrons. The van der Waals surface area contributed by atoms with Gasteiger partial charge in [0.15, 0.2) is 0 Å². The highest BCUT2D eigenvalue weighted by atomic mass is 32.2. The fourth-order valence-corrected chi connectivity index (χ4v) is 6.47. The van der Waals surface area contributed by atoms with Gasteiger partial charge in [-0.05, 0) is 61.8 Å². The van der Waals surface area contributed by atoms with Crippen molar-refractivity contribution in [3.05, 3.63) is 24.3 Å². The maximum absolute atomic E-state index is 12.8. The van der Waals surface area contributed by atoms with Crippen molar-refractivity contribution < 1.29 is 16.8 Å². The van der Waals surface area contributed by atoms with E-state index >= 15 is 0 Å². The monoisotopic (exact) mass is 400 g/mol. The van der Waals surface area contributed by atoms with Crippen LogP contribution in [0, 0.1) is 11.8 Å². The molecule has 1 aromatic carbocycles. The molecule has 0 aromatic heterocycles. The Morgan fingerprint density at radius 3 is 1.19 bits per heavy atom. The highest BCUT2D eigenvalue weighted by Gasteiger charge is 2.30. The van der Waals surface area contributed by atoms with E-state index in [2.05, 4.69) is 13.8 Å². The van der Waals surface area contributed by atoms with Crippen LogP contribution in [0.15, 0.2) is 34.1 Å². The predicted octanol–water partition coefficient (Wildman–Crippen LogP) is 2.53. The van der Waals surface area contributed by atoms with E-state index in [-0.39, 0.29) is 9.79 Å². The molecule has 2 saturated heterocycles. The van der Waals surface area contributed by atoms with Crippen LogP contribution in [0.25, 0.3) is 0 Å². The summed E-state index contributed by atoms with van der Waals surface area (Å²) in [5, 5.41) is 0. The molecule has 2 fully saturated rings. The maximum atomic E-state index is 12.8. The average Bonchev–Trinajstić information content (AvgIpc) is 2.62. The van der Waals surface area contributed by atoms with Crippen molar-refractivity contribution in [2.75, 3.05) is 26.2 Å². The highest BCUT2D eigenvalue weighted by Crippen LogP contribution is 2.26. The van der Waals surface area contributed by atoms with E-state index in [9.17, 15) is 16.8 Å². The van der Waals surface area contributed by atoms with Gasteiger partial charge in [0.2, 0.25) is 20.0 Å². The number of benzene rings is 1. The fraction of sp³-hybridized carbons (Fsp3) is 0.667. The number of nitrogens with zero attached hydrogens (tertiary/aromatic N) is 2. The van der Waals surface area contributed by atoms with E-state index in [0.29, 0.717) is 38.0 Å². The Morgan fingerprint density at radius 1 is 0.654 bits per heavy atom. The molecule has 6 nitrogen and oxygen atoms in total. The third-order valence-electron chi connectivity index (χ3n) is 5.58. The van der Waals surface area contributed by atoms with Gasteiger partial charge in [-0.2, -0.15) is 8.61 Å². The first kappa shape index (κ1) is 19.8. The van der Waals surface area contributed by atoms with E-state index in [4.69, 9.17) is 0 Å². The van der Waals surface area contributed by atoms with Crippen LogP contribution in [-0.4, -0.2) is 51.6 Å². The Labute approximate surface area is 157 Å². The van der Waals surface area contributed by atoms with Crippen molar-refractivity contribution in [1.29, 1.82) is 0 Å². The van der Waals surface area contributed by atoms with Gasteiger partial charge in [-0.25, -0.2) is 16.8 Å². The molecule has 2 aliphatic heterocycles. The zero-order chi connectivity index (χ0) is 18.9. The fourth-order valence-electron chi connectivity index (χ4n) is 3.53. The minimum Gasteiger partial charge on any atom is -0.207 e. The van der Waals surface area contributed by atoms with E-state index in [1.807, 2.05) is 0 Å². The van der Waals surface area contributed by atoms with E-state index < -0.39 is 20.0 Å². The molecule has 8 heteroatoms. The molecular formula is C18H28N2O4S2. The van der Waals surface area contributed by atoms with E-state index in [1.165, 1.54) is 32.9 Å². The standard InChI is InChI=1S/C18H28N2O4S2/c1-15-7-11-19(12-8-15)25(21,22)17-3-5-18(6-4-17)26(23,24)20-13-9-16(2)10-14-20/h3-6,15-16H,7-14H2,1-2H3. The molecule has 2 aliphatic rings. The molecule has 0 aliphatic carbocycles. The number of rotatable bonds is 4. The van der Waals surface area contributed by atoms with E-state index in [0.717, 1.165) is 25.7 Å².